The average molecular weight is 314 g/mol. The Balaban J connectivity index is 2.65. The van der Waals surface area contributed by atoms with Gasteiger partial charge in [-0.1, -0.05) is 0 Å². The fourth-order valence-corrected chi connectivity index (χ4v) is 2.66. The highest BCUT2D eigenvalue weighted by molar-refractivity contribution is 7.89. The van der Waals surface area contributed by atoms with Crippen LogP contribution in [0.15, 0.2) is 23.1 Å². The molecule has 0 spiro atoms. The van der Waals surface area contributed by atoms with Crippen molar-refractivity contribution in [1.82, 2.24) is 4.31 Å². The predicted molar refractivity (Wildman–Crippen MR) is 83.3 cm³/mol. The Morgan fingerprint density at radius 2 is 1.95 bits per heavy atom. The minimum absolute atomic E-state index is 0.157. The minimum Gasteiger partial charge on any atom is -0.397 e. The third kappa shape index (κ3) is 4.91. The van der Waals surface area contributed by atoms with E-state index in [9.17, 15) is 13.2 Å². The van der Waals surface area contributed by atoms with Crippen molar-refractivity contribution in [3.8, 4) is 0 Å². The molecule has 118 valence electrons. The number of sulfonamides is 1. The van der Waals surface area contributed by atoms with Crippen LogP contribution in [-0.2, 0) is 14.8 Å². The molecule has 1 aromatic carbocycles. The van der Waals surface area contributed by atoms with Gasteiger partial charge in [-0.25, -0.2) is 12.7 Å². The Labute approximate surface area is 125 Å². The molecule has 0 radical (unpaired) electrons. The van der Waals surface area contributed by atoms with E-state index in [1.165, 1.54) is 26.2 Å². The van der Waals surface area contributed by atoms with E-state index in [2.05, 4.69) is 5.32 Å². The summed E-state index contributed by atoms with van der Waals surface area (Å²) < 4.78 is 25.1. The second-order valence-electron chi connectivity index (χ2n) is 4.89. The SMILES string of the molecule is CN(C)S(=O)(=O)c1ccc(NCCCCC(N)=O)c(N)c1. The fourth-order valence-electron chi connectivity index (χ4n) is 1.72. The lowest BCUT2D eigenvalue weighted by molar-refractivity contribution is -0.118. The summed E-state index contributed by atoms with van der Waals surface area (Å²) in [5.74, 6) is -0.312. The van der Waals surface area contributed by atoms with Crippen molar-refractivity contribution < 1.29 is 13.2 Å². The first-order chi connectivity index (χ1) is 9.75. The van der Waals surface area contributed by atoms with Crippen molar-refractivity contribution in [3.63, 3.8) is 0 Å². The zero-order valence-electron chi connectivity index (χ0n) is 12.3. The van der Waals surface area contributed by atoms with Gasteiger partial charge in [0.1, 0.15) is 0 Å². The summed E-state index contributed by atoms with van der Waals surface area (Å²) in [6.07, 6.45) is 1.84. The van der Waals surface area contributed by atoms with Crippen molar-refractivity contribution in [2.45, 2.75) is 24.2 Å². The molecule has 0 aliphatic carbocycles. The topological polar surface area (TPSA) is 119 Å². The first-order valence-corrected chi connectivity index (χ1v) is 8.03. The van der Waals surface area contributed by atoms with Gasteiger partial charge in [0.25, 0.3) is 0 Å². The third-order valence-electron chi connectivity index (χ3n) is 2.97. The summed E-state index contributed by atoms with van der Waals surface area (Å²) in [5, 5.41) is 3.11. The number of nitrogens with two attached hydrogens (primary N) is 2. The molecular weight excluding hydrogens is 292 g/mol. The first-order valence-electron chi connectivity index (χ1n) is 6.59. The lowest BCUT2D eigenvalue weighted by atomic mass is 10.2. The highest BCUT2D eigenvalue weighted by Gasteiger charge is 2.17. The van der Waals surface area contributed by atoms with Crippen LogP contribution in [0.5, 0.6) is 0 Å². The van der Waals surface area contributed by atoms with Crippen molar-refractivity contribution in [2.24, 2.45) is 5.73 Å². The van der Waals surface area contributed by atoms with Gasteiger partial charge in [0, 0.05) is 27.1 Å². The van der Waals surface area contributed by atoms with Crippen LogP contribution < -0.4 is 16.8 Å². The molecule has 0 atom stereocenters. The van der Waals surface area contributed by atoms with Gasteiger partial charge in [0.05, 0.1) is 16.3 Å². The maximum absolute atomic E-state index is 12.0. The van der Waals surface area contributed by atoms with Crippen molar-refractivity contribution in [3.05, 3.63) is 18.2 Å². The Bertz CT molecular complexity index is 599. The highest BCUT2D eigenvalue weighted by Crippen LogP contribution is 2.24. The van der Waals surface area contributed by atoms with Crippen LogP contribution in [0.3, 0.4) is 0 Å². The van der Waals surface area contributed by atoms with E-state index >= 15 is 0 Å². The van der Waals surface area contributed by atoms with Crippen LogP contribution in [0, 0.1) is 0 Å². The van der Waals surface area contributed by atoms with E-state index in [0.717, 1.165) is 10.7 Å². The number of benzene rings is 1. The summed E-state index contributed by atoms with van der Waals surface area (Å²) in [6.45, 7) is 0.636. The molecule has 0 unspecified atom stereocenters. The van der Waals surface area contributed by atoms with Gasteiger partial charge in [0.15, 0.2) is 0 Å². The number of amides is 1. The Hall–Kier alpha value is -1.80. The first kappa shape index (κ1) is 17.3. The summed E-state index contributed by atoms with van der Waals surface area (Å²) in [6, 6.07) is 4.58. The molecule has 1 amide bonds. The van der Waals surface area contributed by atoms with E-state index in [1.807, 2.05) is 0 Å². The Morgan fingerprint density at radius 1 is 1.29 bits per heavy atom. The zero-order valence-corrected chi connectivity index (χ0v) is 13.1. The summed E-state index contributed by atoms with van der Waals surface area (Å²) in [4.78, 5) is 10.8. The molecule has 1 rings (SSSR count). The lowest BCUT2D eigenvalue weighted by Crippen LogP contribution is -2.22. The van der Waals surface area contributed by atoms with E-state index in [0.29, 0.717) is 30.8 Å². The van der Waals surface area contributed by atoms with Gasteiger partial charge in [-0.2, -0.15) is 0 Å². The average Bonchev–Trinajstić information content (AvgIpc) is 2.39. The van der Waals surface area contributed by atoms with Gasteiger partial charge in [-0.15, -0.1) is 0 Å². The van der Waals surface area contributed by atoms with Gasteiger partial charge in [-0.3, -0.25) is 4.79 Å². The van der Waals surface area contributed by atoms with Crippen LogP contribution in [-0.4, -0.2) is 39.3 Å². The van der Waals surface area contributed by atoms with Gasteiger partial charge in [0.2, 0.25) is 15.9 Å². The molecule has 7 nitrogen and oxygen atoms in total. The molecule has 0 bridgehead atoms. The largest absolute Gasteiger partial charge is 0.397 e. The second-order valence-corrected chi connectivity index (χ2v) is 7.04. The molecule has 0 saturated carbocycles. The molecule has 0 fully saturated rings. The maximum atomic E-state index is 12.0. The smallest absolute Gasteiger partial charge is 0.242 e. The van der Waals surface area contributed by atoms with E-state index in [-0.39, 0.29) is 10.8 Å². The number of nitrogens with zero attached hydrogens (tertiary/aromatic N) is 1. The number of anilines is 2. The molecule has 5 N–H and O–H groups in total. The van der Waals surface area contributed by atoms with Gasteiger partial charge < -0.3 is 16.8 Å². The monoisotopic (exact) mass is 314 g/mol. The molecule has 0 aliphatic rings. The zero-order chi connectivity index (χ0) is 16.0. The number of hydrogen-bond acceptors (Lipinski definition) is 5. The number of nitrogen functional groups attached to an aromatic ring is 1. The number of rotatable bonds is 8. The fraction of sp³-hybridized carbons (Fsp3) is 0.462. The van der Waals surface area contributed by atoms with E-state index < -0.39 is 10.0 Å². The number of carbonyl (C=O) groups excluding carboxylic acids is 1. The molecular formula is C13H22N4O3S. The Morgan fingerprint density at radius 3 is 2.48 bits per heavy atom. The van der Waals surface area contributed by atoms with Crippen LogP contribution in [0.4, 0.5) is 11.4 Å². The molecule has 0 aromatic heterocycles. The molecule has 21 heavy (non-hydrogen) atoms. The molecule has 8 heteroatoms. The van der Waals surface area contributed by atoms with Crippen LogP contribution in [0.1, 0.15) is 19.3 Å². The number of carbonyl (C=O) groups is 1. The summed E-state index contributed by atoms with van der Waals surface area (Å²) >= 11 is 0. The number of nitrogens with one attached hydrogen (secondary N) is 1. The third-order valence-corrected chi connectivity index (χ3v) is 4.78. The molecule has 0 heterocycles. The quantitative estimate of drug-likeness (QED) is 0.479. The molecule has 0 aliphatic heterocycles. The van der Waals surface area contributed by atoms with Crippen molar-refractivity contribution in [1.29, 1.82) is 0 Å². The van der Waals surface area contributed by atoms with Gasteiger partial charge >= 0.3 is 0 Å². The highest BCUT2D eigenvalue weighted by atomic mass is 32.2. The number of hydrogen-bond donors (Lipinski definition) is 3. The summed E-state index contributed by atoms with van der Waals surface area (Å²) in [5.41, 5.74) is 12.0. The normalized spacial score (nSPS) is 11.6. The number of primary amides is 1. The van der Waals surface area contributed by atoms with E-state index in [4.69, 9.17) is 11.5 Å². The predicted octanol–water partition coefficient (Wildman–Crippen LogP) is 0.587. The van der Waals surface area contributed by atoms with Crippen LogP contribution >= 0.6 is 0 Å². The standard InChI is InChI=1S/C13H22N4O3S/c1-17(2)21(19,20)10-6-7-12(11(14)9-10)16-8-4-3-5-13(15)18/h6-7,9,16H,3-5,8,14H2,1-2H3,(H2,15,18). The van der Waals surface area contributed by atoms with Crippen LogP contribution in [0.2, 0.25) is 0 Å². The molecule has 1 aromatic rings. The summed E-state index contributed by atoms with van der Waals surface area (Å²) in [7, 11) is -0.543. The van der Waals surface area contributed by atoms with Crippen molar-refractivity contribution >= 4 is 27.3 Å². The maximum Gasteiger partial charge on any atom is 0.242 e. The lowest BCUT2D eigenvalue weighted by Gasteiger charge is -2.14. The van der Waals surface area contributed by atoms with Gasteiger partial charge in [-0.05, 0) is 31.0 Å². The Kier molecular flexibility index (Phi) is 5.98. The molecule has 0 saturated heterocycles. The minimum atomic E-state index is -3.48. The number of unbranched alkanes of at least 4 members (excludes halogenated alkanes) is 1. The second kappa shape index (κ2) is 7.28. The van der Waals surface area contributed by atoms with Crippen molar-refractivity contribution in [2.75, 3.05) is 31.7 Å². The van der Waals surface area contributed by atoms with E-state index in [1.54, 1.807) is 6.07 Å². The van der Waals surface area contributed by atoms with Crippen LogP contribution in [0.25, 0.3) is 0 Å².